The average Bonchev–Trinajstić information content (AvgIpc) is 2.76. The molecule has 0 unspecified atom stereocenters. The third-order valence-corrected chi connectivity index (χ3v) is 3.68. The first kappa shape index (κ1) is 15.3. The molecular formula is C16H21N3O2. The van der Waals surface area contributed by atoms with Gasteiger partial charge in [0.2, 0.25) is 0 Å². The molecule has 0 atom stereocenters. The van der Waals surface area contributed by atoms with E-state index in [9.17, 15) is 4.79 Å². The Bertz CT molecular complexity index is 597. The summed E-state index contributed by atoms with van der Waals surface area (Å²) in [5, 5.41) is 16.1. The Morgan fingerprint density at radius 3 is 2.48 bits per heavy atom. The summed E-state index contributed by atoms with van der Waals surface area (Å²) in [7, 11) is 2.07. The zero-order chi connectivity index (χ0) is 15.4. The predicted octanol–water partition coefficient (Wildman–Crippen LogP) is 2.40. The average molecular weight is 287 g/mol. The van der Waals surface area contributed by atoms with Gasteiger partial charge in [-0.15, -0.1) is 0 Å². The number of hydrogen-bond acceptors (Lipinski definition) is 3. The summed E-state index contributed by atoms with van der Waals surface area (Å²) in [6, 6.07) is 7.04. The molecule has 0 fully saturated rings. The predicted molar refractivity (Wildman–Crippen MR) is 81.5 cm³/mol. The van der Waals surface area contributed by atoms with Crippen molar-refractivity contribution in [3.8, 4) is 0 Å². The van der Waals surface area contributed by atoms with Crippen LogP contribution in [-0.4, -0.2) is 39.8 Å². The van der Waals surface area contributed by atoms with E-state index in [1.54, 1.807) is 12.1 Å². The Balaban J connectivity index is 1.89. The van der Waals surface area contributed by atoms with Gasteiger partial charge in [0, 0.05) is 18.8 Å². The van der Waals surface area contributed by atoms with Gasteiger partial charge in [0.1, 0.15) is 0 Å². The van der Waals surface area contributed by atoms with Crippen LogP contribution >= 0.6 is 0 Å². The number of likely N-dealkylation sites (N-methyl/N-ethyl adjacent to an activating group) is 1. The first-order valence-electron chi connectivity index (χ1n) is 6.98. The fourth-order valence-electron chi connectivity index (χ4n) is 2.39. The van der Waals surface area contributed by atoms with Gasteiger partial charge in [-0.3, -0.25) is 5.10 Å². The summed E-state index contributed by atoms with van der Waals surface area (Å²) in [5.41, 5.74) is 4.91. The third-order valence-electron chi connectivity index (χ3n) is 3.68. The zero-order valence-electron chi connectivity index (χ0n) is 12.7. The molecule has 2 N–H and O–H groups in total. The van der Waals surface area contributed by atoms with Crippen molar-refractivity contribution in [1.29, 1.82) is 0 Å². The normalized spacial score (nSPS) is 11.0. The number of nitrogens with zero attached hydrogens (tertiary/aromatic N) is 2. The molecule has 0 aliphatic rings. The van der Waals surface area contributed by atoms with Crippen LogP contribution in [0.4, 0.5) is 0 Å². The Morgan fingerprint density at radius 1 is 1.29 bits per heavy atom. The van der Waals surface area contributed by atoms with E-state index in [1.165, 1.54) is 5.56 Å². The minimum atomic E-state index is -0.888. The van der Waals surface area contributed by atoms with Crippen molar-refractivity contribution in [2.75, 3.05) is 13.6 Å². The summed E-state index contributed by atoms with van der Waals surface area (Å²) in [5.74, 6) is -0.888. The lowest BCUT2D eigenvalue weighted by Crippen LogP contribution is -2.21. The van der Waals surface area contributed by atoms with Crippen molar-refractivity contribution in [3.05, 3.63) is 52.3 Å². The first-order chi connectivity index (χ1) is 9.97. The van der Waals surface area contributed by atoms with Crippen LogP contribution in [0, 0.1) is 13.8 Å². The molecule has 0 saturated carbocycles. The lowest BCUT2D eigenvalue weighted by Gasteiger charge is -2.16. The van der Waals surface area contributed by atoms with E-state index in [4.69, 9.17) is 5.11 Å². The number of carbonyl (C=O) groups is 1. The standard InChI is InChI=1S/C16H21N3O2/c1-11-15(12(2)18-17-11)8-9-19(3)10-13-4-6-14(7-5-13)16(20)21/h4-7H,8-10H2,1-3H3,(H,17,18)(H,20,21). The highest BCUT2D eigenvalue weighted by Gasteiger charge is 2.08. The van der Waals surface area contributed by atoms with Gasteiger partial charge in [-0.25, -0.2) is 4.79 Å². The molecule has 112 valence electrons. The summed E-state index contributed by atoms with van der Waals surface area (Å²) in [6.45, 7) is 5.79. The second-order valence-corrected chi connectivity index (χ2v) is 5.40. The van der Waals surface area contributed by atoms with Crippen molar-refractivity contribution < 1.29 is 9.90 Å². The number of carboxylic acid groups (broad SMARTS) is 1. The van der Waals surface area contributed by atoms with Crippen molar-refractivity contribution in [3.63, 3.8) is 0 Å². The fourth-order valence-corrected chi connectivity index (χ4v) is 2.39. The van der Waals surface area contributed by atoms with Crippen molar-refractivity contribution >= 4 is 5.97 Å². The molecule has 0 saturated heterocycles. The Labute approximate surface area is 124 Å². The van der Waals surface area contributed by atoms with Gasteiger partial charge < -0.3 is 10.0 Å². The van der Waals surface area contributed by atoms with E-state index in [-0.39, 0.29) is 0 Å². The Morgan fingerprint density at radius 2 is 1.95 bits per heavy atom. The minimum absolute atomic E-state index is 0.325. The van der Waals surface area contributed by atoms with Crippen molar-refractivity contribution in [2.45, 2.75) is 26.8 Å². The van der Waals surface area contributed by atoms with E-state index < -0.39 is 5.97 Å². The maximum atomic E-state index is 10.8. The fraction of sp³-hybridized carbons (Fsp3) is 0.375. The van der Waals surface area contributed by atoms with Crippen LogP contribution in [0.5, 0.6) is 0 Å². The molecule has 0 spiro atoms. The number of aromatic nitrogens is 2. The molecule has 0 aliphatic carbocycles. The molecule has 5 nitrogen and oxygen atoms in total. The minimum Gasteiger partial charge on any atom is -0.478 e. The molecule has 0 amide bonds. The molecule has 1 heterocycles. The summed E-state index contributed by atoms with van der Waals surface area (Å²) in [6.07, 6.45) is 0.956. The molecule has 0 aliphatic heterocycles. The lowest BCUT2D eigenvalue weighted by atomic mass is 10.1. The van der Waals surface area contributed by atoms with Gasteiger partial charge in [0.15, 0.2) is 0 Å². The smallest absolute Gasteiger partial charge is 0.335 e. The van der Waals surface area contributed by atoms with Gasteiger partial charge in [-0.2, -0.15) is 5.10 Å². The quantitative estimate of drug-likeness (QED) is 0.856. The van der Waals surface area contributed by atoms with Gasteiger partial charge in [-0.05, 0) is 50.6 Å². The van der Waals surface area contributed by atoms with Crippen LogP contribution in [0.15, 0.2) is 24.3 Å². The van der Waals surface area contributed by atoms with Crippen LogP contribution in [0.1, 0.15) is 32.9 Å². The molecule has 1 aromatic heterocycles. The number of aromatic amines is 1. The van der Waals surface area contributed by atoms with E-state index in [0.29, 0.717) is 5.56 Å². The molecule has 5 heteroatoms. The van der Waals surface area contributed by atoms with Gasteiger partial charge >= 0.3 is 5.97 Å². The maximum absolute atomic E-state index is 10.8. The van der Waals surface area contributed by atoms with Crippen LogP contribution in [0.2, 0.25) is 0 Å². The number of nitrogens with one attached hydrogen (secondary N) is 1. The van der Waals surface area contributed by atoms with Crippen molar-refractivity contribution in [2.24, 2.45) is 0 Å². The lowest BCUT2D eigenvalue weighted by molar-refractivity contribution is 0.0697. The number of carboxylic acids is 1. The molecule has 2 rings (SSSR count). The van der Waals surface area contributed by atoms with Crippen LogP contribution in [0.25, 0.3) is 0 Å². The second-order valence-electron chi connectivity index (χ2n) is 5.40. The largest absolute Gasteiger partial charge is 0.478 e. The number of rotatable bonds is 6. The highest BCUT2D eigenvalue weighted by atomic mass is 16.4. The summed E-state index contributed by atoms with van der Waals surface area (Å²) < 4.78 is 0. The molecule has 0 radical (unpaired) electrons. The van der Waals surface area contributed by atoms with E-state index in [2.05, 4.69) is 22.1 Å². The molecule has 1 aromatic carbocycles. The molecule has 21 heavy (non-hydrogen) atoms. The Hall–Kier alpha value is -2.14. The summed E-state index contributed by atoms with van der Waals surface area (Å²) >= 11 is 0. The molecule has 2 aromatic rings. The monoisotopic (exact) mass is 287 g/mol. The van der Waals surface area contributed by atoms with Crippen LogP contribution < -0.4 is 0 Å². The highest BCUT2D eigenvalue weighted by molar-refractivity contribution is 5.87. The second kappa shape index (κ2) is 6.54. The van der Waals surface area contributed by atoms with E-state index in [1.807, 2.05) is 26.0 Å². The SMILES string of the molecule is Cc1n[nH]c(C)c1CCN(C)Cc1ccc(C(=O)O)cc1. The number of hydrogen-bond donors (Lipinski definition) is 2. The highest BCUT2D eigenvalue weighted by Crippen LogP contribution is 2.12. The maximum Gasteiger partial charge on any atom is 0.335 e. The number of H-pyrrole nitrogens is 1. The van der Waals surface area contributed by atoms with Crippen LogP contribution in [0.3, 0.4) is 0 Å². The zero-order valence-corrected chi connectivity index (χ0v) is 12.7. The van der Waals surface area contributed by atoms with Gasteiger partial charge in [0.25, 0.3) is 0 Å². The third kappa shape index (κ3) is 3.92. The molecule has 0 bridgehead atoms. The van der Waals surface area contributed by atoms with Gasteiger partial charge in [0.05, 0.1) is 11.3 Å². The van der Waals surface area contributed by atoms with E-state index in [0.717, 1.165) is 36.5 Å². The summed E-state index contributed by atoms with van der Waals surface area (Å²) in [4.78, 5) is 13.0. The topological polar surface area (TPSA) is 69.2 Å². The number of aryl methyl sites for hydroxylation is 2. The Kier molecular flexibility index (Phi) is 4.75. The van der Waals surface area contributed by atoms with Crippen LogP contribution in [-0.2, 0) is 13.0 Å². The molecular weight excluding hydrogens is 266 g/mol. The van der Waals surface area contributed by atoms with Gasteiger partial charge in [-0.1, -0.05) is 12.1 Å². The van der Waals surface area contributed by atoms with Crippen molar-refractivity contribution in [1.82, 2.24) is 15.1 Å². The van der Waals surface area contributed by atoms with E-state index >= 15 is 0 Å². The number of benzene rings is 1. The number of aromatic carboxylic acids is 1. The first-order valence-corrected chi connectivity index (χ1v) is 6.98.